The molecule has 0 aliphatic rings. The number of alkyl halides is 6. The molecule has 10 heteroatoms. The molecule has 0 aromatic heterocycles. The molecule has 0 atom stereocenters. The number of nitrogen functional groups attached to an aromatic ring is 2. The van der Waals surface area contributed by atoms with Crippen LogP contribution in [0.25, 0.3) is 0 Å². The van der Waals surface area contributed by atoms with Gasteiger partial charge in [-0.15, -0.1) is 0 Å². The van der Waals surface area contributed by atoms with Gasteiger partial charge in [0.2, 0.25) is 5.41 Å². The number of para-hydroxylation sites is 2. The molecular formula is C29H24F6N2O2. The number of aryl methyl sites for hydroxylation is 2. The van der Waals surface area contributed by atoms with E-state index in [4.69, 9.17) is 20.9 Å². The third kappa shape index (κ3) is 5.06. The molecule has 39 heavy (non-hydrogen) atoms. The van der Waals surface area contributed by atoms with Gasteiger partial charge in [0, 0.05) is 22.5 Å². The van der Waals surface area contributed by atoms with Crippen LogP contribution in [0.1, 0.15) is 22.3 Å². The molecule has 0 bridgehead atoms. The minimum absolute atomic E-state index is 0.0527. The molecule has 4 N–H and O–H groups in total. The number of benzene rings is 4. The highest BCUT2D eigenvalue weighted by Crippen LogP contribution is 2.60. The Morgan fingerprint density at radius 3 is 1.21 bits per heavy atom. The third-order valence-corrected chi connectivity index (χ3v) is 6.27. The van der Waals surface area contributed by atoms with Crippen molar-refractivity contribution in [3.05, 3.63) is 107 Å². The predicted octanol–water partition coefficient (Wildman–Crippen LogP) is 8.46. The molecule has 0 saturated carbocycles. The molecule has 0 amide bonds. The van der Waals surface area contributed by atoms with Crippen LogP contribution in [0.2, 0.25) is 0 Å². The molecule has 0 heterocycles. The van der Waals surface area contributed by atoms with Crippen LogP contribution in [0.3, 0.4) is 0 Å². The summed E-state index contributed by atoms with van der Waals surface area (Å²) in [5, 5.41) is 0. The van der Waals surface area contributed by atoms with Gasteiger partial charge in [-0.2, -0.15) is 26.3 Å². The maximum absolute atomic E-state index is 15.1. The maximum atomic E-state index is 15.1. The summed E-state index contributed by atoms with van der Waals surface area (Å²) in [6.07, 6.45) is -11.7. The van der Waals surface area contributed by atoms with E-state index in [1.807, 2.05) is 0 Å². The van der Waals surface area contributed by atoms with E-state index in [-0.39, 0.29) is 11.5 Å². The van der Waals surface area contributed by atoms with E-state index in [0.717, 1.165) is 36.4 Å². The Balaban J connectivity index is 2.00. The van der Waals surface area contributed by atoms with Crippen LogP contribution in [0.5, 0.6) is 23.0 Å². The highest BCUT2D eigenvalue weighted by atomic mass is 19.4. The van der Waals surface area contributed by atoms with Crippen molar-refractivity contribution in [1.29, 1.82) is 0 Å². The summed E-state index contributed by atoms with van der Waals surface area (Å²) in [6, 6.07) is 17.0. The average Bonchev–Trinajstić information content (AvgIpc) is 2.83. The quantitative estimate of drug-likeness (QED) is 0.188. The Hall–Kier alpha value is -4.34. The van der Waals surface area contributed by atoms with Crippen molar-refractivity contribution >= 4 is 11.4 Å². The first kappa shape index (κ1) is 27.7. The maximum Gasteiger partial charge on any atom is 0.411 e. The smallest absolute Gasteiger partial charge is 0.411 e. The molecule has 0 fully saturated rings. The van der Waals surface area contributed by atoms with Crippen LogP contribution in [0.15, 0.2) is 84.9 Å². The van der Waals surface area contributed by atoms with E-state index in [1.54, 1.807) is 13.8 Å². The number of ether oxygens (including phenoxy) is 2. The lowest BCUT2D eigenvalue weighted by molar-refractivity contribution is -0.289. The van der Waals surface area contributed by atoms with Gasteiger partial charge in [0.05, 0.1) is 0 Å². The van der Waals surface area contributed by atoms with Crippen molar-refractivity contribution in [2.24, 2.45) is 0 Å². The third-order valence-electron chi connectivity index (χ3n) is 6.27. The van der Waals surface area contributed by atoms with Crippen LogP contribution in [0.4, 0.5) is 37.7 Å². The molecule has 0 saturated heterocycles. The Bertz CT molecular complexity index is 1390. The van der Waals surface area contributed by atoms with Crippen LogP contribution < -0.4 is 20.9 Å². The largest absolute Gasteiger partial charge is 0.457 e. The fourth-order valence-electron chi connectivity index (χ4n) is 4.46. The number of hydrogen-bond donors (Lipinski definition) is 2. The summed E-state index contributed by atoms with van der Waals surface area (Å²) >= 11 is 0. The first-order chi connectivity index (χ1) is 18.3. The summed E-state index contributed by atoms with van der Waals surface area (Å²) in [6.45, 7) is 3.15. The zero-order valence-corrected chi connectivity index (χ0v) is 20.8. The monoisotopic (exact) mass is 546 g/mol. The Labute approximate surface area is 220 Å². The normalized spacial score (nSPS) is 12.3. The second-order valence-corrected chi connectivity index (χ2v) is 8.99. The molecule has 204 valence electrons. The molecule has 0 aliphatic heterocycles. The van der Waals surface area contributed by atoms with E-state index in [2.05, 4.69) is 0 Å². The predicted molar refractivity (Wildman–Crippen MR) is 137 cm³/mol. The Kier molecular flexibility index (Phi) is 7.16. The second-order valence-electron chi connectivity index (χ2n) is 8.99. The van der Waals surface area contributed by atoms with Gasteiger partial charge in [0.15, 0.2) is 0 Å². The highest BCUT2D eigenvalue weighted by molar-refractivity contribution is 5.58. The lowest BCUT2D eigenvalue weighted by Gasteiger charge is -2.39. The first-order valence-electron chi connectivity index (χ1n) is 11.7. The summed E-state index contributed by atoms with van der Waals surface area (Å²) in [5.41, 5.74) is 6.23. The van der Waals surface area contributed by atoms with Crippen molar-refractivity contribution in [2.45, 2.75) is 31.6 Å². The molecule has 0 aliphatic carbocycles. The fourth-order valence-corrected chi connectivity index (χ4v) is 4.46. The number of nitrogens with two attached hydrogens (primary N) is 2. The van der Waals surface area contributed by atoms with Gasteiger partial charge < -0.3 is 20.9 Å². The van der Waals surface area contributed by atoms with Crippen molar-refractivity contribution in [1.82, 2.24) is 0 Å². The first-order valence-corrected chi connectivity index (χ1v) is 11.7. The van der Waals surface area contributed by atoms with Gasteiger partial charge in [-0.3, -0.25) is 0 Å². The van der Waals surface area contributed by atoms with Crippen LogP contribution in [-0.4, -0.2) is 12.4 Å². The molecule has 4 aromatic rings. The van der Waals surface area contributed by atoms with Gasteiger partial charge in [-0.25, -0.2) is 0 Å². The van der Waals surface area contributed by atoms with E-state index in [1.165, 1.54) is 48.5 Å². The summed E-state index contributed by atoms with van der Waals surface area (Å²) < 4.78 is 102. The zero-order chi connectivity index (χ0) is 28.6. The fraction of sp³-hybridized carbons (Fsp3) is 0.172. The molecular weight excluding hydrogens is 522 g/mol. The van der Waals surface area contributed by atoms with E-state index in [9.17, 15) is 0 Å². The zero-order valence-electron chi connectivity index (χ0n) is 20.8. The van der Waals surface area contributed by atoms with Gasteiger partial charge in [0.25, 0.3) is 0 Å². The lowest BCUT2D eigenvalue weighted by atomic mass is 9.72. The molecule has 0 spiro atoms. The highest BCUT2D eigenvalue weighted by Gasteiger charge is 2.74. The van der Waals surface area contributed by atoms with Crippen molar-refractivity contribution in [2.75, 3.05) is 11.5 Å². The molecule has 4 nitrogen and oxygen atoms in total. The average molecular weight is 547 g/mol. The van der Waals surface area contributed by atoms with Gasteiger partial charge in [-0.05, 0) is 73.5 Å². The van der Waals surface area contributed by atoms with Crippen molar-refractivity contribution in [3.63, 3.8) is 0 Å². The SMILES string of the molecule is Cc1cc(N)ccc1Oc1ccccc1C(c1ccccc1Oc1ccc(N)cc1C)(C(F)(F)F)C(F)(F)F. The van der Waals surface area contributed by atoms with E-state index >= 15 is 26.3 Å². The molecule has 0 unspecified atom stereocenters. The Morgan fingerprint density at radius 1 is 0.513 bits per heavy atom. The van der Waals surface area contributed by atoms with Gasteiger partial charge in [0.1, 0.15) is 23.0 Å². The van der Waals surface area contributed by atoms with Gasteiger partial charge >= 0.3 is 12.4 Å². The molecule has 4 aromatic carbocycles. The summed E-state index contributed by atoms with van der Waals surface area (Å²) in [7, 11) is 0. The number of hydrogen-bond acceptors (Lipinski definition) is 4. The topological polar surface area (TPSA) is 70.5 Å². The summed E-state index contributed by atoms with van der Waals surface area (Å²) in [5.74, 6) is -1.15. The lowest BCUT2D eigenvalue weighted by Crippen LogP contribution is -2.55. The summed E-state index contributed by atoms with van der Waals surface area (Å²) in [4.78, 5) is 0. The standard InChI is InChI=1S/C29H24F6N2O2/c1-17-15-19(36)11-13-23(17)38-25-9-5-3-7-21(25)27(28(30,31)32,29(33,34)35)22-8-4-6-10-26(22)39-24-14-12-20(37)16-18(24)2/h3-16H,36-37H2,1-2H3. The van der Waals surface area contributed by atoms with E-state index in [0.29, 0.717) is 22.5 Å². The number of halogens is 6. The van der Waals surface area contributed by atoms with Crippen LogP contribution >= 0.6 is 0 Å². The van der Waals surface area contributed by atoms with Crippen molar-refractivity contribution in [3.8, 4) is 23.0 Å². The number of rotatable bonds is 6. The van der Waals surface area contributed by atoms with Crippen molar-refractivity contribution < 1.29 is 35.8 Å². The number of anilines is 2. The van der Waals surface area contributed by atoms with E-state index < -0.39 is 40.4 Å². The van der Waals surface area contributed by atoms with Crippen LogP contribution in [0, 0.1) is 13.8 Å². The molecule has 4 rings (SSSR count). The van der Waals surface area contributed by atoms with Gasteiger partial charge in [-0.1, -0.05) is 36.4 Å². The molecule has 0 radical (unpaired) electrons. The minimum atomic E-state index is -5.86. The second kappa shape index (κ2) is 10.1. The minimum Gasteiger partial charge on any atom is -0.457 e. The van der Waals surface area contributed by atoms with Crippen LogP contribution in [-0.2, 0) is 5.41 Å². The Morgan fingerprint density at radius 2 is 0.872 bits per heavy atom.